The summed E-state index contributed by atoms with van der Waals surface area (Å²) in [5.74, 6) is 1.41. The maximum absolute atomic E-state index is 5.72. The van der Waals surface area contributed by atoms with Crippen LogP contribution in [0.4, 0.5) is 0 Å². The lowest BCUT2D eigenvalue weighted by atomic mass is 10.2. The molecule has 3 rings (SSSR count). The van der Waals surface area contributed by atoms with E-state index in [0.717, 1.165) is 23.4 Å². The molecule has 20 heavy (non-hydrogen) atoms. The van der Waals surface area contributed by atoms with Crippen molar-refractivity contribution < 1.29 is 9.15 Å². The Morgan fingerprint density at radius 2 is 2.05 bits per heavy atom. The van der Waals surface area contributed by atoms with Gasteiger partial charge in [0.1, 0.15) is 11.3 Å². The zero-order valence-electron chi connectivity index (χ0n) is 11.3. The van der Waals surface area contributed by atoms with Gasteiger partial charge in [-0.25, -0.2) is 4.98 Å². The van der Waals surface area contributed by atoms with Crippen molar-refractivity contribution in [2.75, 3.05) is 7.05 Å². The molecule has 0 aliphatic carbocycles. The highest BCUT2D eigenvalue weighted by Gasteiger charge is 2.05. The van der Waals surface area contributed by atoms with Crippen LogP contribution in [0, 0.1) is 0 Å². The molecule has 102 valence electrons. The van der Waals surface area contributed by atoms with E-state index in [1.165, 1.54) is 5.56 Å². The Morgan fingerprint density at radius 3 is 2.90 bits per heavy atom. The van der Waals surface area contributed by atoms with E-state index >= 15 is 0 Å². The maximum Gasteiger partial charge on any atom is 0.233 e. The van der Waals surface area contributed by atoms with Crippen LogP contribution < -0.4 is 10.1 Å². The fourth-order valence-corrected chi connectivity index (χ4v) is 2.08. The molecule has 1 N–H and O–H groups in total. The van der Waals surface area contributed by atoms with Crippen LogP contribution in [0.2, 0.25) is 0 Å². The molecule has 1 aromatic heterocycles. The molecule has 0 radical (unpaired) electrons. The van der Waals surface area contributed by atoms with Gasteiger partial charge in [0, 0.05) is 6.54 Å². The van der Waals surface area contributed by atoms with E-state index in [4.69, 9.17) is 9.15 Å². The lowest BCUT2D eigenvalue weighted by Crippen LogP contribution is -2.05. The number of nitrogens with one attached hydrogen (secondary N) is 1. The van der Waals surface area contributed by atoms with Gasteiger partial charge in [0.25, 0.3) is 0 Å². The smallest absolute Gasteiger partial charge is 0.233 e. The fourth-order valence-electron chi connectivity index (χ4n) is 2.08. The molecule has 0 saturated heterocycles. The van der Waals surface area contributed by atoms with Crippen molar-refractivity contribution in [2.24, 2.45) is 0 Å². The Labute approximate surface area is 117 Å². The first-order valence-corrected chi connectivity index (χ1v) is 6.56. The second-order valence-electron chi connectivity index (χ2n) is 4.54. The molecular weight excluding hydrogens is 252 g/mol. The lowest BCUT2D eigenvalue weighted by Gasteiger charge is -2.05. The molecule has 0 bridgehead atoms. The predicted octanol–water partition coefficient (Wildman–Crippen LogP) is 3.13. The normalized spacial score (nSPS) is 10.8. The Bertz CT molecular complexity index is 673. The van der Waals surface area contributed by atoms with Crippen molar-refractivity contribution in [3.05, 3.63) is 60.0 Å². The van der Waals surface area contributed by atoms with Crippen molar-refractivity contribution in [1.29, 1.82) is 0 Å². The van der Waals surface area contributed by atoms with Gasteiger partial charge in [0.15, 0.2) is 12.2 Å². The first-order chi connectivity index (χ1) is 9.85. The van der Waals surface area contributed by atoms with E-state index in [-0.39, 0.29) is 0 Å². The van der Waals surface area contributed by atoms with E-state index in [1.54, 1.807) is 0 Å². The average molecular weight is 268 g/mol. The Morgan fingerprint density at radius 1 is 1.15 bits per heavy atom. The number of oxazole rings is 1. The second-order valence-corrected chi connectivity index (χ2v) is 4.54. The third-order valence-electron chi connectivity index (χ3n) is 2.98. The summed E-state index contributed by atoms with van der Waals surface area (Å²) in [4.78, 5) is 4.38. The first kappa shape index (κ1) is 12.7. The van der Waals surface area contributed by atoms with Gasteiger partial charge in [-0.05, 0) is 36.9 Å². The van der Waals surface area contributed by atoms with E-state index in [9.17, 15) is 0 Å². The van der Waals surface area contributed by atoms with Crippen LogP contribution in [0.25, 0.3) is 11.1 Å². The van der Waals surface area contributed by atoms with Crippen LogP contribution in [0.15, 0.2) is 52.9 Å². The molecule has 2 aromatic carbocycles. The van der Waals surface area contributed by atoms with E-state index in [2.05, 4.69) is 16.4 Å². The Kier molecular flexibility index (Phi) is 3.65. The molecule has 0 aliphatic rings. The third kappa shape index (κ3) is 2.81. The average Bonchev–Trinajstić information content (AvgIpc) is 2.89. The number of benzene rings is 2. The summed E-state index contributed by atoms with van der Waals surface area (Å²) < 4.78 is 11.3. The first-order valence-electron chi connectivity index (χ1n) is 6.56. The topological polar surface area (TPSA) is 47.3 Å². The number of hydrogen-bond acceptors (Lipinski definition) is 4. The van der Waals surface area contributed by atoms with Gasteiger partial charge in [0.05, 0.1) is 0 Å². The van der Waals surface area contributed by atoms with Gasteiger partial charge >= 0.3 is 0 Å². The number of rotatable bonds is 5. The second kappa shape index (κ2) is 5.75. The lowest BCUT2D eigenvalue weighted by molar-refractivity contribution is 0.267. The molecule has 0 fully saturated rings. The summed E-state index contributed by atoms with van der Waals surface area (Å²) >= 11 is 0. The minimum atomic E-state index is 0.331. The van der Waals surface area contributed by atoms with Crippen LogP contribution in [0.3, 0.4) is 0 Å². The quantitative estimate of drug-likeness (QED) is 0.772. The molecule has 0 aliphatic heterocycles. The van der Waals surface area contributed by atoms with Crippen molar-refractivity contribution in [2.45, 2.75) is 13.2 Å². The van der Waals surface area contributed by atoms with Crippen molar-refractivity contribution >= 4 is 11.1 Å². The summed E-state index contributed by atoms with van der Waals surface area (Å²) in [5.41, 5.74) is 2.83. The molecule has 0 unspecified atom stereocenters. The predicted molar refractivity (Wildman–Crippen MR) is 77.5 cm³/mol. The molecule has 0 spiro atoms. The number of fused-ring (bicyclic) bond motifs is 1. The number of aromatic nitrogens is 1. The van der Waals surface area contributed by atoms with Gasteiger partial charge in [-0.2, -0.15) is 0 Å². The summed E-state index contributed by atoms with van der Waals surface area (Å²) in [6.45, 7) is 1.15. The largest absolute Gasteiger partial charge is 0.484 e. The van der Waals surface area contributed by atoms with Crippen LogP contribution in [-0.4, -0.2) is 12.0 Å². The number of hydrogen-bond donors (Lipinski definition) is 1. The number of para-hydroxylation sites is 2. The molecule has 4 heteroatoms. The molecule has 4 nitrogen and oxygen atoms in total. The van der Waals surface area contributed by atoms with Crippen LogP contribution in [-0.2, 0) is 13.2 Å². The monoisotopic (exact) mass is 268 g/mol. The summed E-state index contributed by atoms with van der Waals surface area (Å²) in [5, 5.41) is 3.12. The highest BCUT2D eigenvalue weighted by molar-refractivity contribution is 5.72. The van der Waals surface area contributed by atoms with Gasteiger partial charge < -0.3 is 14.5 Å². The minimum absolute atomic E-state index is 0.331. The standard InChI is InChI=1S/C16H16N2O2/c1-17-10-12-5-4-6-13(9-12)19-11-16-18-14-7-2-3-8-15(14)20-16/h2-9,17H,10-11H2,1H3. The zero-order chi connectivity index (χ0) is 13.8. The van der Waals surface area contributed by atoms with Crippen LogP contribution >= 0.6 is 0 Å². The highest BCUT2D eigenvalue weighted by atomic mass is 16.5. The van der Waals surface area contributed by atoms with Crippen LogP contribution in [0.1, 0.15) is 11.5 Å². The third-order valence-corrected chi connectivity index (χ3v) is 2.98. The molecule has 0 saturated carbocycles. The molecule has 1 heterocycles. The van der Waals surface area contributed by atoms with Gasteiger partial charge in [-0.1, -0.05) is 24.3 Å². The molecule has 3 aromatic rings. The number of nitrogens with zero attached hydrogens (tertiary/aromatic N) is 1. The van der Waals surface area contributed by atoms with E-state index in [0.29, 0.717) is 12.5 Å². The summed E-state index contributed by atoms with van der Waals surface area (Å²) in [6, 6.07) is 15.7. The van der Waals surface area contributed by atoms with Gasteiger partial charge in [0.2, 0.25) is 5.89 Å². The maximum atomic E-state index is 5.72. The minimum Gasteiger partial charge on any atom is -0.484 e. The van der Waals surface area contributed by atoms with Crippen molar-refractivity contribution in [3.63, 3.8) is 0 Å². The summed E-state index contributed by atoms with van der Waals surface area (Å²) in [6.07, 6.45) is 0. The molecule has 0 atom stereocenters. The van der Waals surface area contributed by atoms with Gasteiger partial charge in [-0.3, -0.25) is 0 Å². The number of ether oxygens (including phenoxy) is 1. The molecular formula is C16H16N2O2. The Balaban J connectivity index is 1.71. The van der Waals surface area contributed by atoms with Crippen LogP contribution in [0.5, 0.6) is 5.75 Å². The zero-order valence-corrected chi connectivity index (χ0v) is 11.3. The molecule has 0 amide bonds. The van der Waals surface area contributed by atoms with Gasteiger partial charge in [-0.15, -0.1) is 0 Å². The van der Waals surface area contributed by atoms with E-state index < -0.39 is 0 Å². The van der Waals surface area contributed by atoms with E-state index in [1.807, 2.05) is 49.5 Å². The van der Waals surface area contributed by atoms with Crippen molar-refractivity contribution in [3.8, 4) is 5.75 Å². The Hall–Kier alpha value is -2.33. The summed E-state index contributed by atoms with van der Waals surface area (Å²) in [7, 11) is 1.92. The highest BCUT2D eigenvalue weighted by Crippen LogP contribution is 2.18. The van der Waals surface area contributed by atoms with Crippen molar-refractivity contribution in [1.82, 2.24) is 10.3 Å². The SMILES string of the molecule is CNCc1cccc(OCc2nc3ccccc3o2)c1. The fraction of sp³-hybridized carbons (Fsp3) is 0.188.